The van der Waals surface area contributed by atoms with Crippen molar-refractivity contribution in [1.29, 1.82) is 0 Å². The van der Waals surface area contributed by atoms with Gasteiger partial charge in [0.25, 0.3) is 15.9 Å². The highest BCUT2D eigenvalue weighted by Crippen LogP contribution is 2.31. The van der Waals surface area contributed by atoms with Crippen molar-refractivity contribution >= 4 is 50.5 Å². The molecule has 32 heavy (non-hydrogen) atoms. The molecule has 0 fully saturated rings. The number of para-hydroxylation sites is 2. The van der Waals surface area contributed by atoms with Gasteiger partial charge in [0.15, 0.2) is 0 Å². The Morgan fingerprint density at radius 3 is 2.53 bits per heavy atom. The molecular weight excluding hydrogens is 450 g/mol. The van der Waals surface area contributed by atoms with Crippen molar-refractivity contribution in [3.63, 3.8) is 0 Å². The van der Waals surface area contributed by atoms with Crippen LogP contribution in [0.5, 0.6) is 0 Å². The molecule has 0 aliphatic carbocycles. The van der Waals surface area contributed by atoms with E-state index in [1.807, 2.05) is 19.9 Å². The van der Waals surface area contributed by atoms with E-state index in [0.29, 0.717) is 17.1 Å². The summed E-state index contributed by atoms with van der Waals surface area (Å²) in [5.74, 6) is -0.845. The second-order valence-electron chi connectivity index (χ2n) is 7.51. The van der Waals surface area contributed by atoms with Crippen LogP contribution in [0, 0.1) is 13.8 Å². The van der Waals surface area contributed by atoms with Gasteiger partial charge in [-0.15, -0.1) is 0 Å². The SMILES string of the molecule is Cc1ccc(NS(=O)(=O)c2cc(C(=O)N3CC(=O)Nc4ccccc43)ccc2Cl)cc1C. The Morgan fingerprint density at radius 2 is 1.78 bits per heavy atom. The van der Waals surface area contributed by atoms with E-state index in [1.54, 1.807) is 36.4 Å². The van der Waals surface area contributed by atoms with Crippen LogP contribution in [0.25, 0.3) is 0 Å². The van der Waals surface area contributed by atoms with Gasteiger partial charge < -0.3 is 5.32 Å². The summed E-state index contributed by atoms with van der Waals surface area (Å²) in [4.78, 5) is 26.4. The third-order valence-corrected chi connectivity index (χ3v) is 7.11. The molecule has 0 bridgehead atoms. The number of hydrogen-bond acceptors (Lipinski definition) is 4. The maximum atomic E-state index is 13.2. The standard InChI is InChI=1S/C23H20ClN3O4S/c1-14-7-9-17(11-15(14)2)26-32(30,31)21-12-16(8-10-18(21)24)23(29)27-13-22(28)25-19-5-3-4-6-20(19)27/h3-12,26H,13H2,1-2H3,(H,25,28). The minimum atomic E-state index is -4.06. The molecule has 1 aliphatic heterocycles. The third-order valence-electron chi connectivity index (χ3n) is 5.24. The zero-order valence-electron chi connectivity index (χ0n) is 17.3. The van der Waals surface area contributed by atoms with Crippen LogP contribution in [0.1, 0.15) is 21.5 Å². The highest BCUT2D eigenvalue weighted by molar-refractivity contribution is 7.92. The molecule has 4 rings (SSSR count). The monoisotopic (exact) mass is 469 g/mol. The van der Waals surface area contributed by atoms with Crippen LogP contribution in [0.2, 0.25) is 5.02 Å². The molecule has 0 atom stereocenters. The third kappa shape index (κ3) is 4.19. The minimum Gasteiger partial charge on any atom is -0.323 e. The summed E-state index contributed by atoms with van der Waals surface area (Å²) in [5.41, 5.74) is 3.49. The second kappa shape index (κ2) is 8.29. The number of amides is 2. The average Bonchev–Trinajstić information content (AvgIpc) is 2.75. The van der Waals surface area contributed by atoms with Crippen LogP contribution in [-0.4, -0.2) is 26.8 Å². The number of fused-ring (bicyclic) bond motifs is 1. The predicted octanol–water partition coefficient (Wildman–Crippen LogP) is 4.36. The van der Waals surface area contributed by atoms with Crippen LogP contribution in [0.4, 0.5) is 17.1 Å². The molecular formula is C23H20ClN3O4S. The Balaban J connectivity index is 1.69. The number of nitrogens with one attached hydrogen (secondary N) is 2. The molecule has 3 aromatic carbocycles. The quantitative estimate of drug-likeness (QED) is 0.593. The van der Waals surface area contributed by atoms with Crippen LogP contribution in [-0.2, 0) is 14.8 Å². The molecule has 0 aromatic heterocycles. The van der Waals surface area contributed by atoms with E-state index < -0.39 is 15.9 Å². The fourth-order valence-corrected chi connectivity index (χ4v) is 5.00. The van der Waals surface area contributed by atoms with E-state index in [2.05, 4.69) is 10.0 Å². The number of hydrogen-bond donors (Lipinski definition) is 2. The van der Waals surface area contributed by atoms with Gasteiger partial charge in [0.1, 0.15) is 11.4 Å². The van der Waals surface area contributed by atoms with Crippen molar-refractivity contribution < 1.29 is 18.0 Å². The smallest absolute Gasteiger partial charge is 0.263 e. The first kappa shape index (κ1) is 21.9. The molecule has 2 N–H and O–H groups in total. The van der Waals surface area contributed by atoms with E-state index >= 15 is 0 Å². The van der Waals surface area contributed by atoms with Crippen molar-refractivity contribution in [2.75, 3.05) is 21.5 Å². The van der Waals surface area contributed by atoms with Gasteiger partial charge in [0.05, 0.1) is 16.4 Å². The largest absolute Gasteiger partial charge is 0.323 e. The number of benzene rings is 3. The average molecular weight is 470 g/mol. The van der Waals surface area contributed by atoms with E-state index in [4.69, 9.17) is 11.6 Å². The van der Waals surface area contributed by atoms with E-state index in [0.717, 1.165) is 11.1 Å². The first-order chi connectivity index (χ1) is 15.2. The molecule has 2 amide bonds. The van der Waals surface area contributed by atoms with Gasteiger partial charge in [0, 0.05) is 11.3 Å². The number of carbonyl (C=O) groups is 2. The fourth-order valence-electron chi connectivity index (χ4n) is 3.43. The van der Waals surface area contributed by atoms with Gasteiger partial charge in [-0.05, 0) is 67.4 Å². The van der Waals surface area contributed by atoms with E-state index in [9.17, 15) is 18.0 Å². The van der Waals surface area contributed by atoms with Crippen molar-refractivity contribution in [3.8, 4) is 0 Å². The van der Waals surface area contributed by atoms with E-state index in [-0.39, 0.29) is 27.9 Å². The molecule has 0 spiro atoms. The maximum absolute atomic E-state index is 13.2. The molecule has 164 valence electrons. The molecule has 1 heterocycles. The number of rotatable bonds is 4. The highest BCUT2D eigenvalue weighted by atomic mass is 35.5. The summed E-state index contributed by atoms with van der Waals surface area (Å²) in [6.45, 7) is 3.63. The lowest BCUT2D eigenvalue weighted by Crippen LogP contribution is -2.42. The molecule has 7 nitrogen and oxygen atoms in total. The zero-order valence-corrected chi connectivity index (χ0v) is 18.9. The number of carbonyl (C=O) groups excluding carboxylic acids is 2. The Bertz CT molecular complexity index is 1360. The minimum absolute atomic E-state index is 0.0188. The molecule has 1 aliphatic rings. The van der Waals surface area contributed by atoms with Crippen LogP contribution in [0.15, 0.2) is 65.6 Å². The van der Waals surface area contributed by atoms with Gasteiger partial charge in [-0.1, -0.05) is 29.8 Å². The van der Waals surface area contributed by atoms with E-state index in [1.165, 1.54) is 23.1 Å². The predicted molar refractivity (Wildman–Crippen MR) is 125 cm³/mol. The summed E-state index contributed by atoms with van der Waals surface area (Å²) < 4.78 is 28.6. The highest BCUT2D eigenvalue weighted by Gasteiger charge is 2.29. The van der Waals surface area contributed by atoms with Crippen LogP contribution < -0.4 is 14.9 Å². The van der Waals surface area contributed by atoms with Crippen LogP contribution >= 0.6 is 11.6 Å². The molecule has 0 unspecified atom stereocenters. The Hall–Kier alpha value is -3.36. The molecule has 0 saturated heterocycles. The van der Waals surface area contributed by atoms with Gasteiger partial charge in [0.2, 0.25) is 5.91 Å². The number of nitrogens with zero attached hydrogens (tertiary/aromatic N) is 1. The number of sulfonamides is 1. The first-order valence-electron chi connectivity index (χ1n) is 9.76. The Morgan fingerprint density at radius 1 is 1.03 bits per heavy atom. The van der Waals surface area contributed by atoms with Gasteiger partial charge in [-0.3, -0.25) is 19.2 Å². The lowest BCUT2D eigenvalue weighted by Gasteiger charge is -2.29. The van der Waals surface area contributed by atoms with Crippen LogP contribution in [0.3, 0.4) is 0 Å². The number of anilines is 3. The summed E-state index contributed by atoms with van der Waals surface area (Å²) in [6, 6.07) is 16.1. The number of aryl methyl sites for hydroxylation is 2. The van der Waals surface area contributed by atoms with Gasteiger partial charge in [-0.2, -0.15) is 0 Å². The lowest BCUT2D eigenvalue weighted by molar-refractivity contribution is -0.115. The topological polar surface area (TPSA) is 95.6 Å². The summed E-state index contributed by atoms with van der Waals surface area (Å²) in [5, 5.41) is 2.70. The maximum Gasteiger partial charge on any atom is 0.263 e. The number of halogens is 1. The second-order valence-corrected chi connectivity index (χ2v) is 9.56. The lowest BCUT2D eigenvalue weighted by atomic mass is 10.1. The Kier molecular flexibility index (Phi) is 5.66. The normalized spacial score (nSPS) is 13.3. The zero-order chi connectivity index (χ0) is 23.0. The first-order valence-corrected chi connectivity index (χ1v) is 11.6. The van der Waals surface area contributed by atoms with Crippen molar-refractivity contribution in [2.24, 2.45) is 0 Å². The fraction of sp³-hybridized carbons (Fsp3) is 0.130. The molecule has 0 saturated carbocycles. The summed E-state index contributed by atoms with van der Waals surface area (Å²) in [6.07, 6.45) is 0. The van der Waals surface area contributed by atoms with Crippen molar-refractivity contribution in [1.82, 2.24) is 0 Å². The van der Waals surface area contributed by atoms with Crippen molar-refractivity contribution in [2.45, 2.75) is 18.7 Å². The Labute approximate surface area is 191 Å². The molecule has 9 heteroatoms. The van der Waals surface area contributed by atoms with Crippen molar-refractivity contribution in [3.05, 3.63) is 82.4 Å². The molecule has 0 radical (unpaired) electrons. The summed E-state index contributed by atoms with van der Waals surface area (Å²) >= 11 is 6.19. The van der Waals surface area contributed by atoms with Gasteiger partial charge in [-0.25, -0.2) is 8.42 Å². The van der Waals surface area contributed by atoms with Gasteiger partial charge >= 0.3 is 0 Å². The molecule has 3 aromatic rings. The summed E-state index contributed by atoms with van der Waals surface area (Å²) in [7, 11) is -4.06.